The van der Waals surface area contributed by atoms with Gasteiger partial charge in [-0.25, -0.2) is 0 Å². The molecule has 0 aliphatic carbocycles. The lowest BCUT2D eigenvalue weighted by Gasteiger charge is -2.26. The Morgan fingerprint density at radius 3 is 1.87 bits per heavy atom. The van der Waals surface area contributed by atoms with Gasteiger partial charge in [-0.2, -0.15) is 0 Å². The molecule has 0 bridgehead atoms. The molecule has 0 saturated carbocycles. The fourth-order valence-corrected chi connectivity index (χ4v) is 9.51. The number of fused-ring (bicyclic) bond motifs is 9. The molecule has 0 saturated heterocycles. The minimum absolute atomic E-state index is 1.14. The number of anilines is 3. The Balaban J connectivity index is 1.27. The zero-order valence-electron chi connectivity index (χ0n) is 25.6. The Labute approximate surface area is 280 Å². The molecular weight excluding hydrogens is 609 g/mol. The van der Waals surface area contributed by atoms with Crippen molar-refractivity contribution in [2.75, 3.05) is 4.90 Å². The number of para-hydroxylation sites is 1. The van der Waals surface area contributed by atoms with Crippen LogP contribution < -0.4 is 4.90 Å². The molecule has 0 spiro atoms. The highest BCUT2D eigenvalue weighted by Gasteiger charge is 2.22. The monoisotopic (exact) mass is 636 g/mol. The van der Waals surface area contributed by atoms with Crippen molar-refractivity contribution in [3.8, 4) is 5.69 Å². The lowest BCUT2D eigenvalue weighted by molar-refractivity contribution is 1.18. The van der Waals surface area contributed by atoms with Crippen LogP contribution in [0, 0.1) is 6.92 Å². The van der Waals surface area contributed by atoms with Crippen LogP contribution in [-0.2, 0) is 0 Å². The van der Waals surface area contributed by atoms with Crippen molar-refractivity contribution in [3.63, 3.8) is 0 Å². The van der Waals surface area contributed by atoms with E-state index in [4.69, 9.17) is 0 Å². The van der Waals surface area contributed by atoms with Crippen molar-refractivity contribution < 1.29 is 0 Å². The summed E-state index contributed by atoms with van der Waals surface area (Å²) in [5.41, 5.74) is 8.30. The molecule has 10 rings (SSSR count). The number of hydrogen-bond acceptors (Lipinski definition) is 3. The Kier molecular flexibility index (Phi) is 5.86. The van der Waals surface area contributed by atoms with E-state index in [1.165, 1.54) is 79.1 Å². The molecule has 0 atom stereocenters. The first-order valence-electron chi connectivity index (χ1n) is 15.9. The molecule has 0 fully saturated rings. The minimum Gasteiger partial charge on any atom is -0.310 e. The van der Waals surface area contributed by atoms with Crippen molar-refractivity contribution in [2.24, 2.45) is 0 Å². The first kappa shape index (κ1) is 26.8. The van der Waals surface area contributed by atoms with Crippen LogP contribution in [-0.4, -0.2) is 4.57 Å². The Hall–Kier alpha value is -5.42. The van der Waals surface area contributed by atoms with Gasteiger partial charge in [-0.3, -0.25) is 0 Å². The molecule has 7 aromatic carbocycles. The largest absolute Gasteiger partial charge is 0.310 e. The van der Waals surface area contributed by atoms with E-state index in [9.17, 15) is 0 Å². The van der Waals surface area contributed by atoms with Crippen LogP contribution in [0.2, 0.25) is 0 Å². The zero-order chi connectivity index (χ0) is 31.1. The van der Waals surface area contributed by atoms with Crippen molar-refractivity contribution in [1.29, 1.82) is 0 Å². The van der Waals surface area contributed by atoms with Gasteiger partial charge < -0.3 is 9.47 Å². The molecule has 3 aromatic heterocycles. The van der Waals surface area contributed by atoms with Crippen LogP contribution in [0.25, 0.3) is 67.8 Å². The van der Waals surface area contributed by atoms with Gasteiger partial charge >= 0.3 is 0 Å². The predicted octanol–water partition coefficient (Wildman–Crippen LogP) is 13.3. The van der Waals surface area contributed by atoms with Gasteiger partial charge in [0.05, 0.1) is 16.7 Å². The molecule has 47 heavy (non-hydrogen) atoms. The third kappa shape index (κ3) is 4.09. The van der Waals surface area contributed by atoms with Gasteiger partial charge in [0.25, 0.3) is 0 Å². The average molecular weight is 637 g/mol. The Morgan fingerprint density at radius 1 is 0.447 bits per heavy atom. The Morgan fingerprint density at radius 2 is 1.11 bits per heavy atom. The van der Waals surface area contributed by atoms with Crippen LogP contribution in [0.3, 0.4) is 0 Å². The number of nitrogens with zero attached hydrogens (tertiary/aromatic N) is 2. The molecule has 2 nitrogen and oxygen atoms in total. The van der Waals surface area contributed by atoms with Crippen LogP contribution in [0.15, 0.2) is 152 Å². The molecule has 0 aliphatic heterocycles. The van der Waals surface area contributed by atoms with Crippen LogP contribution in [0.1, 0.15) is 5.56 Å². The van der Waals surface area contributed by atoms with E-state index < -0.39 is 0 Å². The summed E-state index contributed by atoms with van der Waals surface area (Å²) in [6.45, 7) is 2.19. The average Bonchev–Trinajstić information content (AvgIpc) is 3.78. The first-order chi connectivity index (χ1) is 23.2. The second-order valence-electron chi connectivity index (χ2n) is 12.3. The topological polar surface area (TPSA) is 8.17 Å². The van der Waals surface area contributed by atoms with E-state index in [2.05, 4.69) is 168 Å². The molecule has 4 heteroatoms. The smallest absolute Gasteiger partial charge is 0.0562 e. The molecule has 0 radical (unpaired) electrons. The van der Waals surface area contributed by atoms with E-state index in [1.54, 1.807) is 0 Å². The highest BCUT2D eigenvalue weighted by atomic mass is 32.1. The van der Waals surface area contributed by atoms with Crippen LogP contribution in [0.4, 0.5) is 17.1 Å². The van der Waals surface area contributed by atoms with Crippen molar-refractivity contribution in [2.45, 2.75) is 6.92 Å². The van der Waals surface area contributed by atoms with Crippen LogP contribution in [0.5, 0.6) is 0 Å². The minimum atomic E-state index is 1.14. The number of thiophene rings is 2. The van der Waals surface area contributed by atoms with E-state index in [0.29, 0.717) is 0 Å². The fraction of sp³-hybridized carbons (Fsp3) is 0.0233. The van der Waals surface area contributed by atoms with Crippen molar-refractivity contribution in [3.05, 3.63) is 157 Å². The van der Waals surface area contributed by atoms with Crippen molar-refractivity contribution in [1.82, 2.24) is 4.57 Å². The maximum atomic E-state index is 2.46. The zero-order valence-corrected chi connectivity index (χ0v) is 27.3. The summed E-state index contributed by atoms with van der Waals surface area (Å²) in [5, 5.41) is 7.74. The summed E-state index contributed by atoms with van der Waals surface area (Å²) in [5.74, 6) is 0. The molecule has 0 unspecified atom stereocenters. The normalized spacial score (nSPS) is 11.9. The quantitative estimate of drug-likeness (QED) is 0.187. The second-order valence-corrected chi connectivity index (χ2v) is 14.4. The van der Waals surface area contributed by atoms with E-state index in [1.807, 2.05) is 22.7 Å². The van der Waals surface area contributed by atoms with Gasteiger partial charge in [0, 0.05) is 68.2 Å². The van der Waals surface area contributed by atoms with Gasteiger partial charge in [0.2, 0.25) is 0 Å². The third-order valence-corrected chi connectivity index (χ3v) is 11.7. The van der Waals surface area contributed by atoms with Gasteiger partial charge in [-0.15, -0.1) is 22.7 Å². The number of rotatable bonds is 4. The maximum absolute atomic E-state index is 2.46. The molecule has 3 heterocycles. The summed E-state index contributed by atoms with van der Waals surface area (Å²) < 4.78 is 7.73. The molecular formula is C43H28N2S2. The van der Waals surface area contributed by atoms with E-state index >= 15 is 0 Å². The molecule has 0 aliphatic rings. The molecule has 10 aromatic rings. The number of hydrogen-bond donors (Lipinski definition) is 0. The SMILES string of the molecule is Cc1ccc2c(c1)c1c(N(c3ccccc3)c3ccc4sc5ccccc5c4c3)cccc1n2-c1ccc2sc3ccccc3c2c1. The van der Waals surface area contributed by atoms with E-state index in [-0.39, 0.29) is 0 Å². The number of aryl methyl sites for hydroxylation is 1. The second kappa shape index (κ2) is 10.3. The first-order valence-corrected chi connectivity index (χ1v) is 17.6. The summed E-state index contributed by atoms with van der Waals surface area (Å²) in [6.07, 6.45) is 0. The molecule has 0 N–H and O–H groups in total. The molecule has 0 amide bonds. The summed E-state index contributed by atoms with van der Waals surface area (Å²) in [7, 11) is 0. The van der Waals surface area contributed by atoms with E-state index in [0.717, 1.165) is 11.4 Å². The maximum Gasteiger partial charge on any atom is 0.0562 e. The third-order valence-electron chi connectivity index (χ3n) is 9.42. The lowest BCUT2D eigenvalue weighted by Crippen LogP contribution is -2.10. The van der Waals surface area contributed by atoms with Gasteiger partial charge in [0.1, 0.15) is 0 Å². The predicted molar refractivity (Wildman–Crippen MR) is 206 cm³/mol. The van der Waals surface area contributed by atoms with Crippen molar-refractivity contribution >= 4 is 102 Å². The molecule has 222 valence electrons. The fourth-order valence-electron chi connectivity index (χ4n) is 7.34. The number of aromatic nitrogens is 1. The van der Waals surface area contributed by atoms with Gasteiger partial charge in [-0.1, -0.05) is 72.3 Å². The lowest BCUT2D eigenvalue weighted by atomic mass is 10.1. The van der Waals surface area contributed by atoms with Crippen LogP contribution >= 0.6 is 22.7 Å². The summed E-state index contributed by atoms with van der Waals surface area (Å²) >= 11 is 3.73. The van der Waals surface area contributed by atoms with Gasteiger partial charge in [-0.05, 0) is 91.9 Å². The highest BCUT2D eigenvalue weighted by molar-refractivity contribution is 7.26. The van der Waals surface area contributed by atoms with Gasteiger partial charge in [0.15, 0.2) is 0 Å². The standard InChI is InChI=1S/C43H28N2S2/c1-27-18-21-36-35(24-27)43-37(14-9-15-38(43)45(36)30-20-23-42-34(26-30)32-13-6-8-17-40(32)47-42)44(28-10-3-2-4-11-28)29-19-22-41-33(25-29)31-12-5-7-16-39(31)46-41/h2-26H,1H3. The summed E-state index contributed by atoms with van der Waals surface area (Å²) in [6, 6.07) is 55.9. The highest BCUT2D eigenvalue weighted by Crippen LogP contribution is 2.46. The Bertz CT molecular complexity index is 2820. The summed E-state index contributed by atoms with van der Waals surface area (Å²) in [4.78, 5) is 2.44. The number of benzene rings is 7.